The standard InChI is InChI=1S/C11H19ClN4O/c1-5-16-11(17)10(12)9(6-13-16)14-8(2)7-15(3)4/h6,8,14H,5,7H2,1-4H3. The van der Waals surface area contributed by atoms with Crippen molar-refractivity contribution in [2.24, 2.45) is 0 Å². The Balaban J connectivity index is 2.86. The van der Waals surface area contributed by atoms with Crippen LogP contribution < -0.4 is 10.9 Å². The average molecular weight is 259 g/mol. The number of nitrogens with one attached hydrogen (secondary N) is 1. The van der Waals surface area contributed by atoms with Gasteiger partial charge in [0.05, 0.1) is 11.9 Å². The third kappa shape index (κ3) is 3.71. The summed E-state index contributed by atoms with van der Waals surface area (Å²) in [7, 11) is 3.99. The monoisotopic (exact) mass is 258 g/mol. The molecule has 96 valence electrons. The topological polar surface area (TPSA) is 50.2 Å². The van der Waals surface area contributed by atoms with E-state index >= 15 is 0 Å². The van der Waals surface area contributed by atoms with E-state index in [1.807, 2.05) is 27.9 Å². The van der Waals surface area contributed by atoms with Crippen LogP contribution in [-0.4, -0.2) is 41.4 Å². The SMILES string of the molecule is CCn1ncc(NC(C)CN(C)C)c(Cl)c1=O. The Morgan fingerprint density at radius 1 is 1.59 bits per heavy atom. The van der Waals surface area contributed by atoms with Crippen molar-refractivity contribution in [2.45, 2.75) is 26.4 Å². The molecule has 1 heterocycles. The summed E-state index contributed by atoms with van der Waals surface area (Å²) < 4.78 is 1.34. The molecule has 0 fully saturated rings. The zero-order valence-electron chi connectivity index (χ0n) is 10.7. The zero-order chi connectivity index (χ0) is 13.0. The van der Waals surface area contributed by atoms with Gasteiger partial charge in [-0.3, -0.25) is 4.79 Å². The number of anilines is 1. The van der Waals surface area contributed by atoms with Gasteiger partial charge in [-0.1, -0.05) is 11.6 Å². The molecule has 0 aromatic carbocycles. The maximum atomic E-state index is 11.7. The second-order valence-electron chi connectivity index (χ2n) is 4.30. The van der Waals surface area contributed by atoms with Gasteiger partial charge in [-0.15, -0.1) is 0 Å². The Morgan fingerprint density at radius 3 is 2.76 bits per heavy atom. The Labute approximate surface area is 106 Å². The molecule has 0 aliphatic carbocycles. The van der Waals surface area contributed by atoms with E-state index in [1.165, 1.54) is 4.68 Å². The lowest BCUT2D eigenvalue weighted by atomic mass is 10.3. The summed E-state index contributed by atoms with van der Waals surface area (Å²) in [4.78, 5) is 13.8. The highest BCUT2D eigenvalue weighted by Gasteiger charge is 2.11. The third-order valence-electron chi connectivity index (χ3n) is 2.33. The molecule has 0 saturated carbocycles. The first-order chi connectivity index (χ1) is 7.95. The van der Waals surface area contributed by atoms with E-state index in [-0.39, 0.29) is 16.6 Å². The Morgan fingerprint density at radius 2 is 2.24 bits per heavy atom. The summed E-state index contributed by atoms with van der Waals surface area (Å²) in [6.45, 7) is 5.26. The molecule has 1 rings (SSSR count). The van der Waals surface area contributed by atoms with Gasteiger partial charge in [-0.05, 0) is 27.9 Å². The first-order valence-corrected chi connectivity index (χ1v) is 6.00. The van der Waals surface area contributed by atoms with Gasteiger partial charge in [0.2, 0.25) is 0 Å². The van der Waals surface area contributed by atoms with Crippen LogP contribution in [0.5, 0.6) is 0 Å². The number of likely N-dealkylation sites (N-methyl/N-ethyl adjacent to an activating group) is 1. The molecule has 0 aliphatic rings. The van der Waals surface area contributed by atoms with Crippen molar-refractivity contribution in [1.29, 1.82) is 0 Å². The van der Waals surface area contributed by atoms with Crippen molar-refractivity contribution >= 4 is 17.3 Å². The van der Waals surface area contributed by atoms with Crippen LogP contribution in [-0.2, 0) is 6.54 Å². The van der Waals surface area contributed by atoms with Crippen LogP contribution in [0.15, 0.2) is 11.0 Å². The Hall–Kier alpha value is -1.07. The predicted molar refractivity (Wildman–Crippen MR) is 70.8 cm³/mol. The van der Waals surface area contributed by atoms with Crippen LogP contribution in [0.4, 0.5) is 5.69 Å². The van der Waals surface area contributed by atoms with Crippen LogP contribution in [0, 0.1) is 0 Å². The van der Waals surface area contributed by atoms with Crippen molar-refractivity contribution in [3.63, 3.8) is 0 Å². The molecule has 0 aliphatic heterocycles. The Bertz CT molecular complexity index is 430. The van der Waals surface area contributed by atoms with Gasteiger partial charge in [0.1, 0.15) is 5.02 Å². The van der Waals surface area contributed by atoms with Crippen LogP contribution in [0.3, 0.4) is 0 Å². The van der Waals surface area contributed by atoms with Gasteiger partial charge < -0.3 is 10.2 Å². The van der Waals surface area contributed by atoms with Gasteiger partial charge in [0.25, 0.3) is 5.56 Å². The molecule has 1 aromatic heterocycles. The van der Waals surface area contributed by atoms with Gasteiger partial charge in [-0.2, -0.15) is 5.10 Å². The van der Waals surface area contributed by atoms with Crippen LogP contribution >= 0.6 is 11.6 Å². The number of hydrogen-bond donors (Lipinski definition) is 1. The number of rotatable bonds is 5. The molecule has 1 aromatic rings. The van der Waals surface area contributed by atoms with Crippen LogP contribution in [0.2, 0.25) is 5.02 Å². The molecule has 1 N–H and O–H groups in total. The molecule has 1 atom stereocenters. The molecule has 0 spiro atoms. The minimum absolute atomic E-state index is 0.196. The molecule has 0 amide bonds. The lowest BCUT2D eigenvalue weighted by molar-refractivity contribution is 0.392. The molecule has 17 heavy (non-hydrogen) atoms. The average Bonchev–Trinajstić information content (AvgIpc) is 2.24. The van der Waals surface area contributed by atoms with Gasteiger partial charge >= 0.3 is 0 Å². The number of nitrogens with zero attached hydrogens (tertiary/aromatic N) is 3. The van der Waals surface area contributed by atoms with E-state index in [0.717, 1.165) is 6.54 Å². The highest BCUT2D eigenvalue weighted by atomic mass is 35.5. The van der Waals surface area contributed by atoms with Gasteiger partial charge in [-0.25, -0.2) is 4.68 Å². The van der Waals surface area contributed by atoms with E-state index in [1.54, 1.807) is 6.20 Å². The van der Waals surface area contributed by atoms with Crippen LogP contribution in [0.25, 0.3) is 0 Å². The Kier molecular flexibility index (Phi) is 4.96. The second-order valence-corrected chi connectivity index (χ2v) is 4.68. The largest absolute Gasteiger partial charge is 0.379 e. The van der Waals surface area contributed by atoms with Crippen LogP contribution in [0.1, 0.15) is 13.8 Å². The van der Waals surface area contributed by atoms with Crippen molar-refractivity contribution in [1.82, 2.24) is 14.7 Å². The lowest BCUT2D eigenvalue weighted by Crippen LogP contribution is -2.31. The van der Waals surface area contributed by atoms with E-state index in [0.29, 0.717) is 12.2 Å². The predicted octanol–water partition coefficient (Wildman–Crippen LogP) is 1.28. The first kappa shape index (κ1) is 14.0. The number of halogens is 1. The maximum absolute atomic E-state index is 11.7. The summed E-state index contributed by atoms with van der Waals surface area (Å²) in [5.41, 5.74) is 0.340. The van der Waals surface area contributed by atoms with Crippen molar-refractivity contribution in [3.05, 3.63) is 21.6 Å². The molecule has 5 nitrogen and oxygen atoms in total. The summed E-state index contributed by atoms with van der Waals surface area (Å²) in [6, 6.07) is 0.196. The van der Waals surface area contributed by atoms with E-state index < -0.39 is 0 Å². The molecule has 1 unspecified atom stereocenters. The first-order valence-electron chi connectivity index (χ1n) is 5.62. The molecular weight excluding hydrogens is 240 g/mol. The third-order valence-corrected chi connectivity index (χ3v) is 2.69. The molecule has 6 heteroatoms. The smallest absolute Gasteiger partial charge is 0.287 e. The van der Waals surface area contributed by atoms with Gasteiger partial charge in [0.15, 0.2) is 0 Å². The lowest BCUT2D eigenvalue weighted by Gasteiger charge is -2.19. The summed E-state index contributed by atoms with van der Waals surface area (Å²) in [6.07, 6.45) is 1.60. The fourth-order valence-corrected chi connectivity index (χ4v) is 1.85. The molecule has 0 radical (unpaired) electrons. The molecular formula is C11H19ClN4O. The highest BCUT2D eigenvalue weighted by Crippen LogP contribution is 2.16. The van der Waals surface area contributed by atoms with E-state index in [9.17, 15) is 4.79 Å². The fourth-order valence-electron chi connectivity index (χ4n) is 1.65. The summed E-state index contributed by atoms with van der Waals surface area (Å²) in [5, 5.41) is 7.42. The molecule has 0 saturated heterocycles. The number of hydrogen-bond acceptors (Lipinski definition) is 4. The fraction of sp³-hybridized carbons (Fsp3) is 0.636. The summed E-state index contributed by atoms with van der Waals surface area (Å²) in [5.74, 6) is 0. The highest BCUT2D eigenvalue weighted by molar-refractivity contribution is 6.32. The zero-order valence-corrected chi connectivity index (χ0v) is 11.5. The van der Waals surface area contributed by atoms with E-state index in [4.69, 9.17) is 11.6 Å². The van der Waals surface area contributed by atoms with E-state index in [2.05, 4.69) is 15.3 Å². The summed E-state index contributed by atoms with van der Waals surface area (Å²) >= 11 is 6.01. The maximum Gasteiger partial charge on any atom is 0.287 e. The second kappa shape index (κ2) is 6.02. The molecule has 0 bridgehead atoms. The normalized spacial score (nSPS) is 12.8. The van der Waals surface area contributed by atoms with Gasteiger partial charge in [0, 0.05) is 19.1 Å². The van der Waals surface area contributed by atoms with Crippen molar-refractivity contribution in [3.8, 4) is 0 Å². The number of aryl methyl sites for hydroxylation is 1. The minimum atomic E-state index is -0.254. The minimum Gasteiger partial charge on any atom is -0.379 e. The quantitative estimate of drug-likeness (QED) is 0.865. The van der Waals surface area contributed by atoms with Crippen molar-refractivity contribution in [2.75, 3.05) is 26.0 Å². The number of aromatic nitrogens is 2. The van der Waals surface area contributed by atoms with Crippen molar-refractivity contribution < 1.29 is 0 Å².